The molecule has 0 atom stereocenters. The molecule has 3 aromatic rings. The Morgan fingerprint density at radius 1 is 1.06 bits per heavy atom. The number of ether oxygens (including phenoxy) is 2. The van der Waals surface area contributed by atoms with Gasteiger partial charge < -0.3 is 14.8 Å². The predicted molar refractivity (Wildman–Crippen MR) is 132 cm³/mol. The molecule has 0 saturated carbocycles. The van der Waals surface area contributed by atoms with Crippen molar-refractivity contribution >= 4 is 52.5 Å². The van der Waals surface area contributed by atoms with Gasteiger partial charge in [-0.3, -0.25) is 4.79 Å². The number of nitriles is 1. The van der Waals surface area contributed by atoms with Gasteiger partial charge in [0.2, 0.25) is 0 Å². The van der Waals surface area contributed by atoms with E-state index in [-0.39, 0.29) is 17.2 Å². The smallest absolute Gasteiger partial charge is 0.266 e. The highest BCUT2D eigenvalue weighted by atomic mass is 35.5. The number of aryl methyl sites for hydroxylation is 1. The molecule has 3 rings (SSSR count). The molecule has 5 nitrogen and oxygen atoms in total. The molecule has 0 aliphatic carbocycles. The monoisotopic (exact) mass is 500 g/mol. The van der Waals surface area contributed by atoms with E-state index in [1.165, 1.54) is 13.2 Å². The summed E-state index contributed by atoms with van der Waals surface area (Å²) in [6.45, 7) is 2.10. The summed E-state index contributed by atoms with van der Waals surface area (Å²) in [5.74, 6) is 0.147. The molecule has 33 heavy (non-hydrogen) atoms. The van der Waals surface area contributed by atoms with Crippen molar-refractivity contribution in [3.05, 3.63) is 91.9 Å². The number of amides is 1. The Labute approximate surface area is 207 Å². The maximum atomic E-state index is 12.6. The average molecular weight is 502 g/mol. The Balaban J connectivity index is 1.82. The van der Waals surface area contributed by atoms with E-state index in [9.17, 15) is 10.1 Å². The van der Waals surface area contributed by atoms with E-state index in [1.54, 1.807) is 36.4 Å². The first-order valence-corrected chi connectivity index (χ1v) is 10.9. The van der Waals surface area contributed by atoms with E-state index in [4.69, 9.17) is 44.3 Å². The number of rotatable bonds is 7. The van der Waals surface area contributed by atoms with Crippen LogP contribution in [0.4, 0.5) is 5.69 Å². The molecule has 0 unspecified atom stereocenters. The molecule has 0 fully saturated rings. The van der Waals surface area contributed by atoms with Crippen LogP contribution in [0, 0.1) is 18.3 Å². The van der Waals surface area contributed by atoms with Crippen LogP contribution in [0.15, 0.2) is 60.2 Å². The summed E-state index contributed by atoms with van der Waals surface area (Å²) in [6.07, 6.45) is 1.43. The van der Waals surface area contributed by atoms with Crippen molar-refractivity contribution < 1.29 is 14.3 Å². The van der Waals surface area contributed by atoms with Gasteiger partial charge >= 0.3 is 0 Å². The standard InChI is InChI=1S/C25H19Cl3N2O3/c1-15-4-3-5-19(8-15)30-25(31)18(13-29)9-17-11-22(28)24(23(12-17)32-2)33-14-16-6-7-20(26)21(27)10-16/h3-12H,14H2,1-2H3,(H,30,31)/b18-9-. The second-order valence-electron chi connectivity index (χ2n) is 7.06. The third-order valence-electron chi connectivity index (χ3n) is 4.57. The third kappa shape index (κ3) is 6.43. The van der Waals surface area contributed by atoms with Gasteiger partial charge in [0.15, 0.2) is 11.5 Å². The molecule has 0 saturated heterocycles. The summed E-state index contributed by atoms with van der Waals surface area (Å²) < 4.78 is 11.3. The van der Waals surface area contributed by atoms with Crippen molar-refractivity contribution in [1.29, 1.82) is 5.26 Å². The lowest BCUT2D eigenvalue weighted by atomic mass is 10.1. The number of hydrogen-bond donors (Lipinski definition) is 1. The zero-order chi connectivity index (χ0) is 24.0. The molecule has 0 radical (unpaired) electrons. The van der Waals surface area contributed by atoms with Gasteiger partial charge in [0, 0.05) is 5.69 Å². The first kappa shape index (κ1) is 24.5. The Morgan fingerprint density at radius 2 is 1.85 bits per heavy atom. The minimum Gasteiger partial charge on any atom is -0.493 e. The Kier molecular flexibility index (Phi) is 8.24. The van der Waals surface area contributed by atoms with Crippen LogP contribution in [0.1, 0.15) is 16.7 Å². The van der Waals surface area contributed by atoms with Crippen molar-refractivity contribution in [3.63, 3.8) is 0 Å². The van der Waals surface area contributed by atoms with Gasteiger partial charge in [0.1, 0.15) is 18.2 Å². The van der Waals surface area contributed by atoms with E-state index < -0.39 is 5.91 Å². The minimum atomic E-state index is -0.530. The molecule has 0 bridgehead atoms. The summed E-state index contributed by atoms with van der Waals surface area (Å²) in [5, 5.41) is 13.4. The van der Waals surface area contributed by atoms with E-state index in [0.717, 1.165) is 11.1 Å². The summed E-state index contributed by atoms with van der Waals surface area (Å²) >= 11 is 18.4. The minimum absolute atomic E-state index is 0.0842. The van der Waals surface area contributed by atoms with E-state index >= 15 is 0 Å². The quantitative estimate of drug-likeness (QED) is 0.277. The van der Waals surface area contributed by atoms with Crippen molar-refractivity contribution in [3.8, 4) is 17.6 Å². The molecule has 0 aromatic heterocycles. The number of nitrogens with one attached hydrogen (secondary N) is 1. The highest BCUT2D eigenvalue weighted by Gasteiger charge is 2.15. The normalized spacial score (nSPS) is 11.0. The molecule has 0 spiro atoms. The highest BCUT2D eigenvalue weighted by molar-refractivity contribution is 6.42. The molecule has 1 N–H and O–H groups in total. The molecule has 0 aliphatic rings. The number of benzene rings is 3. The first-order chi connectivity index (χ1) is 15.8. The van der Waals surface area contributed by atoms with Gasteiger partial charge in [-0.05, 0) is 66.1 Å². The van der Waals surface area contributed by atoms with Gasteiger partial charge in [-0.1, -0.05) is 53.0 Å². The number of carbonyl (C=O) groups is 1. The Morgan fingerprint density at radius 3 is 2.52 bits per heavy atom. The van der Waals surface area contributed by atoms with E-state index in [2.05, 4.69) is 5.32 Å². The zero-order valence-corrected chi connectivity index (χ0v) is 20.1. The fourth-order valence-electron chi connectivity index (χ4n) is 2.98. The van der Waals surface area contributed by atoms with Gasteiger partial charge in [0.05, 0.1) is 22.2 Å². The number of nitrogens with zero attached hydrogens (tertiary/aromatic N) is 1. The maximum absolute atomic E-state index is 12.6. The van der Waals surface area contributed by atoms with Crippen molar-refractivity contribution in [1.82, 2.24) is 0 Å². The van der Waals surface area contributed by atoms with Crippen molar-refractivity contribution in [2.75, 3.05) is 12.4 Å². The van der Waals surface area contributed by atoms with Gasteiger partial charge in [-0.15, -0.1) is 0 Å². The molecule has 8 heteroatoms. The molecular weight excluding hydrogens is 483 g/mol. The largest absolute Gasteiger partial charge is 0.493 e. The zero-order valence-electron chi connectivity index (χ0n) is 17.8. The van der Waals surface area contributed by atoms with Crippen LogP contribution in [-0.2, 0) is 11.4 Å². The summed E-state index contributed by atoms with van der Waals surface area (Å²) in [4.78, 5) is 12.6. The second-order valence-corrected chi connectivity index (χ2v) is 8.29. The summed E-state index contributed by atoms with van der Waals surface area (Å²) in [6, 6.07) is 17.6. The number of carbonyl (C=O) groups excluding carboxylic acids is 1. The molecular formula is C25H19Cl3N2O3. The van der Waals surface area contributed by atoms with E-state index in [0.29, 0.717) is 32.8 Å². The Bertz CT molecular complexity index is 1270. The van der Waals surface area contributed by atoms with Crippen molar-refractivity contribution in [2.45, 2.75) is 13.5 Å². The van der Waals surface area contributed by atoms with Crippen LogP contribution in [-0.4, -0.2) is 13.0 Å². The summed E-state index contributed by atoms with van der Waals surface area (Å²) in [7, 11) is 1.47. The van der Waals surface area contributed by atoms with Gasteiger partial charge in [0.25, 0.3) is 5.91 Å². The topological polar surface area (TPSA) is 71.3 Å². The molecule has 3 aromatic carbocycles. The van der Waals surface area contributed by atoms with Gasteiger partial charge in [-0.2, -0.15) is 5.26 Å². The molecule has 168 valence electrons. The van der Waals surface area contributed by atoms with Crippen LogP contribution in [0.25, 0.3) is 6.08 Å². The lowest BCUT2D eigenvalue weighted by molar-refractivity contribution is -0.112. The fourth-order valence-corrected chi connectivity index (χ4v) is 3.58. The first-order valence-electron chi connectivity index (χ1n) is 9.74. The van der Waals surface area contributed by atoms with Crippen LogP contribution in [0.2, 0.25) is 15.1 Å². The molecule has 0 aliphatic heterocycles. The average Bonchev–Trinajstić information content (AvgIpc) is 2.78. The van der Waals surface area contributed by atoms with Crippen molar-refractivity contribution in [2.24, 2.45) is 0 Å². The number of hydrogen-bond acceptors (Lipinski definition) is 4. The number of methoxy groups -OCH3 is 1. The van der Waals surface area contributed by atoms with E-state index in [1.807, 2.05) is 31.2 Å². The maximum Gasteiger partial charge on any atom is 0.266 e. The Hall–Kier alpha value is -3.17. The highest BCUT2D eigenvalue weighted by Crippen LogP contribution is 2.38. The third-order valence-corrected chi connectivity index (χ3v) is 5.59. The fraction of sp³-hybridized carbons (Fsp3) is 0.120. The number of anilines is 1. The second kappa shape index (κ2) is 11.1. The predicted octanol–water partition coefficient (Wildman–Crippen LogP) is 7.09. The summed E-state index contributed by atoms with van der Waals surface area (Å²) in [5.41, 5.74) is 2.81. The SMILES string of the molecule is COc1cc(/C=C(/C#N)C(=O)Nc2cccc(C)c2)cc(Cl)c1OCc1ccc(Cl)c(Cl)c1. The van der Waals surface area contributed by atoms with Crippen LogP contribution >= 0.6 is 34.8 Å². The number of halogens is 3. The van der Waals surface area contributed by atoms with Crippen LogP contribution < -0.4 is 14.8 Å². The lowest BCUT2D eigenvalue weighted by Crippen LogP contribution is -2.13. The molecule has 0 heterocycles. The lowest BCUT2D eigenvalue weighted by Gasteiger charge is -2.14. The molecule has 1 amide bonds. The van der Waals surface area contributed by atoms with Gasteiger partial charge in [-0.25, -0.2) is 0 Å². The van der Waals surface area contributed by atoms with Crippen LogP contribution in [0.5, 0.6) is 11.5 Å². The van der Waals surface area contributed by atoms with Crippen LogP contribution in [0.3, 0.4) is 0 Å².